The molecule has 0 amide bonds. The molecule has 2 aromatic carbocycles. The van der Waals surface area contributed by atoms with E-state index in [1.807, 2.05) is 31.2 Å². The van der Waals surface area contributed by atoms with E-state index < -0.39 is 10.0 Å². The first-order chi connectivity index (χ1) is 13.0. The number of anilines is 3. The number of hydrogen-bond donors (Lipinski definition) is 2. The summed E-state index contributed by atoms with van der Waals surface area (Å²) >= 11 is 0. The summed E-state index contributed by atoms with van der Waals surface area (Å²) in [6.45, 7) is 4.24. The number of benzene rings is 2. The Morgan fingerprint density at radius 2 is 1.74 bits per heavy atom. The minimum absolute atomic E-state index is 0.248. The van der Waals surface area contributed by atoms with Gasteiger partial charge in [0.15, 0.2) is 0 Å². The quantitative estimate of drug-likeness (QED) is 0.635. The molecule has 1 aromatic heterocycles. The van der Waals surface area contributed by atoms with Gasteiger partial charge in [0.1, 0.15) is 11.6 Å². The molecule has 7 heteroatoms. The Labute approximate surface area is 159 Å². The molecule has 0 saturated heterocycles. The van der Waals surface area contributed by atoms with E-state index in [1.165, 1.54) is 6.20 Å². The molecule has 0 atom stereocenters. The van der Waals surface area contributed by atoms with Gasteiger partial charge in [-0.15, -0.1) is 0 Å². The van der Waals surface area contributed by atoms with E-state index in [9.17, 15) is 8.42 Å². The van der Waals surface area contributed by atoms with Crippen LogP contribution in [0.3, 0.4) is 0 Å². The zero-order valence-corrected chi connectivity index (χ0v) is 16.0. The van der Waals surface area contributed by atoms with Gasteiger partial charge in [-0.2, -0.15) is 0 Å². The maximum atomic E-state index is 12.5. The van der Waals surface area contributed by atoms with Crippen molar-refractivity contribution in [1.82, 2.24) is 4.98 Å². The fourth-order valence-electron chi connectivity index (χ4n) is 2.59. The molecule has 0 aliphatic carbocycles. The second-order valence-electron chi connectivity index (χ2n) is 5.86. The number of sulfonamides is 1. The van der Waals surface area contributed by atoms with Gasteiger partial charge in [0.25, 0.3) is 10.0 Å². The number of hydrogen-bond acceptors (Lipinski definition) is 5. The Balaban J connectivity index is 1.76. The van der Waals surface area contributed by atoms with Gasteiger partial charge in [-0.1, -0.05) is 30.3 Å². The van der Waals surface area contributed by atoms with E-state index in [0.29, 0.717) is 23.7 Å². The molecule has 3 rings (SSSR count). The Kier molecular flexibility index (Phi) is 5.61. The Morgan fingerprint density at radius 3 is 2.44 bits per heavy atom. The molecule has 0 spiro atoms. The van der Waals surface area contributed by atoms with Crippen LogP contribution >= 0.6 is 0 Å². The fourth-order valence-corrected chi connectivity index (χ4v) is 3.88. The van der Waals surface area contributed by atoms with Crippen molar-refractivity contribution in [2.45, 2.75) is 18.7 Å². The molecular formula is C20H21N3O3S. The lowest BCUT2D eigenvalue weighted by atomic mass is 10.2. The van der Waals surface area contributed by atoms with Gasteiger partial charge in [0, 0.05) is 0 Å². The monoisotopic (exact) mass is 383 g/mol. The third-order valence-corrected chi connectivity index (χ3v) is 5.39. The molecular weight excluding hydrogens is 362 g/mol. The van der Waals surface area contributed by atoms with E-state index in [4.69, 9.17) is 4.74 Å². The lowest BCUT2D eigenvalue weighted by molar-refractivity contribution is 0.342. The highest BCUT2D eigenvalue weighted by molar-refractivity contribution is 7.92. The van der Waals surface area contributed by atoms with Crippen molar-refractivity contribution in [2.75, 3.05) is 16.6 Å². The molecule has 0 saturated carbocycles. The predicted octanol–water partition coefficient (Wildman–Crippen LogP) is 4.33. The topological polar surface area (TPSA) is 80.3 Å². The Morgan fingerprint density at radius 1 is 1.00 bits per heavy atom. The number of para-hydroxylation sites is 2. The van der Waals surface area contributed by atoms with Gasteiger partial charge < -0.3 is 10.1 Å². The number of nitrogens with one attached hydrogen (secondary N) is 2. The smallest absolute Gasteiger partial charge is 0.262 e. The molecule has 2 N–H and O–H groups in total. The standard InChI is InChI=1S/C20H21N3O3S/c1-3-26-18-10-6-5-9-17(18)22-20-13-12-16(14-21-20)23-27(24,25)19-11-7-4-8-15(19)2/h4-14,23H,3H2,1-2H3,(H,21,22). The second kappa shape index (κ2) is 8.09. The molecule has 3 aromatic rings. The first-order valence-corrected chi connectivity index (χ1v) is 10.0. The summed E-state index contributed by atoms with van der Waals surface area (Å²) in [7, 11) is -3.66. The molecule has 0 fully saturated rings. The van der Waals surface area contributed by atoms with Crippen LogP contribution < -0.4 is 14.8 Å². The summed E-state index contributed by atoms with van der Waals surface area (Å²) in [6, 6.07) is 17.8. The minimum atomic E-state index is -3.66. The van der Waals surface area contributed by atoms with Crippen molar-refractivity contribution < 1.29 is 13.2 Å². The second-order valence-corrected chi connectivity index (χ2v) is 7.51. The molecule has 0 radical (unpaired) electrons. The van der Waals surface area contributed by atoms with Crippen molar-refractivity contribution in [1.29, 1.82) is 0 Å². The molecule has 1 heterocycles. The zero-order chi connectivity index (χ0) is 19.3. The van der Waals surface area contributed by atoms with Crippen LogP contribution in [-0.4, -0.2) is 20.0 Å². The zero-order valence-electron chi connectivity index (χ0n) is 15.1. The van der Waals surface area contributed by atoms with E-state index in [2.05, 4.69) is 15.0 Å². The van der Waals surface area contributed by atoms with Crippen molar-refractivity contribution >= 4 is 27.2 Å². The Bertz CT molecular complexity index is 1020. The van der Waals surface area contributed by atoms with E-state index in [1.54, 1.807) is 43.3 Å². The summed E-state index contributed by atoms with van der Waals surface area (Å²) in [6.07, 6.45) is 1.47. The van der Waals surface area contributed by atoms with Gasteiger partial charge in [-0.05, 0) is 49.7 Å². The SMILES string of the molecule is CCOc1ccccc1Nc1ccc(NS(=O)(=O)c2ccccc2C)cn1. The third-order valence-electron chi connectivity index (χ3n) is 3.85. The largest absolute Gasteiger partial charge is 0.492 e. The van der Waals surface area contributed by atoms with Crippen LogP contribution in [-0.2, 0) is 10.0 Å². The number of nitrogens with zero attached hydrogens (tertiary/aromatic N) is 1. The van der Waals surface area contributed by atoms with Crippen molar-refractivity contribution in [2.24, 2.45) is 0 Å². The summed E-state index contributed by atoms with van der Waals surface area (Å²) in [5, 5.41) is 3.17. The maximum absolute atomic E-state index is 12.5. The summed E-state index contributed by atoms with van der Waals surface area (Å²) in [5.74, 6) is 1.31. The van der Waals surface area contributed by atoms with Crippen LogP contribution in [0, 0.1) is 6.92 Å². The number of pyridine rings is 1. The van der Waals surface area contributed by atoms with Crippen LogP contribution in [0.15, 0.2) is 71.8 Å². The number of aromatic nitrogens is 1. The highest BCUT2D eigenvalue weighted by Gasteiger charge is 2.16. The normalized spacial score (nSPS) is 11.0. The van der Waals surface area contributed by atoms with Gasteiger partial charge in [-0.25, -0.2) is 13.4 Å². The lowest BCUT2D eigenvalue weighted by Crippen LogP contribution is -2.14. The summed E-state index contributed by atoms with van der Waals surface area (Å²) in [4.78, 5) is 4.53. The molecule has 140 valence electrons. The minimum Gasteiger partial charge on any atom is -0.492 e. The molecule has 0 aliphatic rings. The molecule has 27 heavy (non-hydrogen) atoms. The number of aryl methyl sites for hydroxylation is 1. The first kappa shape index (κ1) is 18.7. The average molecular weight is 383 g/mol. The van der Waals surface area contributed by atoms with Crippen molar-refractivity contribution in [3.63, 3.8) is 0 Å². The van der Waals surface area contributed by atoms with Crippen molar-refractivity contribution in [3.8, 4) is 5.75 Å². The third kappa shape index (κ3) is 4.57. The van der Waals surface area contributed by atoms with E-state index in [-0.39, 0.29) is 4.90 Å². The summed E-state index contributed by atoms with van der Waals surface area (Å²) < 4.78 is 33.2. The van der Waals surface area contributed by atoms with Gasteiger partial charge >= 0.3 is 0 Å². The van der Waals surface area contributed by atoms with Crippen LogP contribution in [0.4, 0.5) is 17.2 Å². The molecule has 0 bridgehead atoms. The van der Waals surface area contributed by atoms with E-state index >= 15 is 0 Å². The van der Waals surface area contributed by atoms with Crippen molar-refractivity contribution in [3.05, 3.63) is 72.4 Å². The van der Waals surface area contributed by atoms with Gasteiger partial charge in [0.2, 0.25) is 0 Å². The van der Waals surface area contributed by atoms with E-state index in [0.717, 1.165) is 11.4 Å². The average Bonchev–Trinajstić information content (AvgIpc) is 2.65. The number of ether oxygens (including phenoxy) is 1. The molecule has 6 nitrogen and oxygen atoms in total. The highest BCUT2D eigenvalue weighted by atomic mass is 32.2. The Hall–Kier alpha value is -3.06. The first-order valence-electron chi connectivity index (χ1n) is 8.53. The summed E-state index contributed by atoms with van der Waals surface area (Å²) in [5.41, 5.74) is 1.87. The van der Waals surface area contributed by atoms with Crippen LogP contribution in [0.25, 0.3) is 0 Å². The molecule has 0 unspecified atom stereocenters. The molecule has 0 aliphatic heterocycles. The van der Waals surface area contributed by atoms with Crippen LogP contribution in [0.5, 0.6) is 5.75 Å². The number of rotatable bonds is 7. The van der Waals surface area contributed by atoms with Crippen LogP contribution in [0.1, 0.15) is 12.5 Å². The predicted molar refractivity (Wildman–Crippen MR) is 107 cm³/mol. The van der Waals surface area contributed by atoms with Gasteiger partial charge in [-0.3, -0.25) is 4.72 Å². The lowest BCUT2D eigenvalue weighted by Gasteiger charge is -2.13. The van der Waals surface area contributed by atoms with Gasteiger partial charge in [0.05, 0.1) is 29.1 Å². The fraction of sp³-hybridized carbons (Fsp3) is 0.150. The highest BCUT2D eigenvalue weighted by Crippen LogP contribution is 2.27. The maximum Gasteiger partial charge on any atom is 0.262 e. The van der Waals surface area contributed by atoms with Crippen LogP contribution in [0.2, 0.25) is 0 Å².